The number of nitrogens with zero attached hydrogens (tertiary/aromatic N) is 1. The van der Waals surface area contributed by atoms with Crippen LogP contribution in [0.5, 0.6) is 0 Å². The van der Waals surface area contributed by atoms with E-state index in [1.54, 1.807) is 11.3 Å². The Labute approximate surface area is 105 Å². The van der Waals surface area contributed by atoms with E-state index in [9.17, 15) is 0 Å². The summed E-state index contributed by atoms with van der Waals surface area (Å²) in [7, 11) is 0. The minimum atomic E-state index is 0.487. The number of alkyl halides is 1. The van der Waals surface area contributed by atoms with Crippen LogP contribution in [0, 0.1) is 20.8 Å². The van der Waals surface area contributed by atoms with Crippen molar-refractivity contribution in [1.29, 1.82) is 0 Å². The second-order valence-electron chi connectivity index (χ2n) is 4.05. The molecule has 0 aliphatic carbocycles. The van der Waals surface area contributed by atoms with Crippen LogP contribution in [0.3, 0.4) is 0 Å². The van der Waals surface area contributed by atoms with Crippen LogP contribution in [0.1, 0.15) is 22.4 Å². The smallest absolute Gasteiger partial charge is 0.124 e. The van der Waals surface area contributed by atoms with Crippen molar-refractivity contribution in [3.8, 4) is 10.6 Å². The van der Waals surface area contributed by atoms with Gasteiger partial charge in [0.15, 0.2) is 0 Å². The lowest BCUT2D eigenvalue weighted by Crippen LogP contribution is -1.90. The maximum absolute atomic E-state index is 5.78. The number of hydrogen-bond donors (Lipinski definition) is 0. The van der Waals surface area contributed by atoms with Gasteiger partial charge in [-0.25, -0.2) is 4.98 Å². The maximum Gasteiger partial charge on any atom is 0.124 e. The van der Waals surface area contributed by atoms with E-state index in [1.807, 2.05) is 5.38 Å². The molecule has 0 aliphatic heterocycles. The van der Waals surface area contributed by atoms with Crippen LogP contribution in [0.2, 0.25) is 0 Å². The first-order chi connectivity index (χ1) is 7.61. The largest absolute Gasteiger partial charge is 0.240 e. The van der Waals surface area contributed by atoms with Gasteiger partial charge in [-0.3, -0.25) is 0 Å². The van der Waals surface area contributed by atoms with Gasteiger partial charge >= 0.3 is 0 Å². The predicted molar refractivity (Wildman–Crippen MR) is 71.3 cm³/mol. The van der Waals surface area contributed by atoms with Crippen molar-refractivity contribution in [2.24, 2.45) is 0 Å². The lowest BCUT2D eigenvalue weighted by atomic mass is 10.0. The molecule has 1 heterocycles. The van der Waals surface area contributed by atoms with E-state index in [4.69, 9.17) is 11.6 Å². The standard InChI is InChI=1S/C13H14ClNS/c1-8-4-9(2)12(10(3)5-8)13-15-11(6-14)7-16-13/h4-5,7H,6H2,1-3H3. The van der Waals surface area contributed by atoms with Crippen molar-refractivity contribution in [3.05, 3.63) is 39.9 Å². The van der Waals surface area contributed by atoms with Gasteiger partial charge < -0.3 is 0 Å². The van der Waals surface area contributed by atoms with Crippen LogP contribution >= 0.6 is 22.9 Å². The Morgan fingerprint density at radius 1 is 1.19 bits per heavy atom. The number of benzene rings is 1. The van der Waals surface area contributed by atoms with Gasteiger partial charge in [0.2, 0.25) is 0 Å². The lowest BCUT2D eigenvalue weighted by Gasteiger charge is -2.08. The summed E-state index contributed by atoms with van der Waals surface area (Å²) < 4.78 is 0. The quantitative estimate of drug-likeness (QED) is 0.718. The number of thiazole rings is 1. The Balaban J connectivity index is 2.55. The fraction of sp³-hybridized carbons (Fsp3) is 0.308. The third-order valence-corrected chi connectivity index (χ3v) is 3.76. The highest BCUT2D eigenvalue weighted by atomic mass is 35.5. The topological polar surface area (TPSA) is 12.9 Å². The summed E-state index contributed by atoms with van der Waals surface area (Å²) in [6.07, 6.45) is 0. The number of aryl methyl sites for hydroxylation is 3. The number of halogens is 1. The molecular formula is C13H14ClNS. The number of hydrogen-bond acceptors (Lipinski definition) is 2. The first-order valence-electron chi connectivity index (χ1n) is 5.20. The third-order valence-electron chi connectivity index (χ3n) is 2.58. The highest BCUT2D eigenvalue weighted by molar-refractivity contribution is 7.13. The summed E-state index contributed by atoms with van der Waals surface area (Å²) in [5.41, 5.74) is 6.09. The minimum absolute atomic E-state index is 0.487. The molecule has 0 N–H and O–H groups in total. The van der Waals surface area contributed by atoms with E-state index in [0.717, 1.165) is 10.7 Å². The van der Waals surface area contributed by atoms with Gasteiger partial charge in [0, 0.05) is 10.9 Å². The molecule has 0 radical (unpaired) electrons. The van der Waals surface area contributed by atoms with Gasteiger partial charge in [0.05, 0.1) is 11.6 Å². The second kappa shape index (κ2) is 4.56. The molecule has 0 aliphatic rings. The molecule has 0 spiro atoms. The summed E-state index contributed by atoms with van der Waals surface area (Å²) >= 11 is 7.44. The Kier molecular flexibility index (Phi) is 3.31. The summed E-state index contributed by atoms with van der Waals surface area (Å²) in [6, 6.07) is 4.40. The molecule has 84 valence electrons. The monoisotopic (exact) mass is 251 g/mol. The predicted octanol–water partition coefficient (Wildman–Crippen LogP) is 4.47. The Morgan fingerprint density at radius 2 is 1.81 bits per heavy atom. The average Bonchev–Trinajstić information content (AvgIpc) is 2.64. The Bertz CT molecular complexity index is 493. The molecule has 0 atom stereocenters. The molecule has 0 saturated carbocycles. The molecular weight excluding hydrogens is 238 g/mol. The van der Waals surface area contributed by atoms with Crippen molar-refractivity contribution < 1.29 is 0 Å². The highest BCUT2D eigenvalue weighted by Gasteiger charge is 2.10. The summed E-state index contributed by atoms with van der Waals surface area (Å²) in [6.45, 7) is 6.39. The average molecular weight is 252 g/mol. The molecule has 1 aromatic carbocycles. The Morgan fingerprint density at radius 3 is 2.31 bits per heavy atom. The van der Waals surface area contributed by atoms with Gasteiger partial charge in [-0.2, -0.15) is 0 Å². The maximum atomic E-state index is 5.78. The molecule has 1 nitrogen and oxygen atoms in total. The summed E-state index contributed by atoms with van der Waals surface area (Å²) in [5, 5.41) is 3.10. The zero-order valence-electron chi connectivity index (χ0n) is 9.67. The lowest BCUT2D eigenvalue weighted by molar-refractivity contribution is 1.21. The van der Waals surface area contributed by atoms with Crippen molar-refractivity contribution in [2.75, 3.05) is 0 Å². The van der Waals surface area contributed by atoms with Crippen molar-refractivity contribution in [3.63, 3.8) is 0 Å². The number of aromatic nitrogens is 1. The van der Waals surface area contributed by atoms with E-state index in [2.05, 4.69) is 37.9 Å². The van der Waals surface area contributed by atoms with Gasteiger partial charge in [-0.05, 0) is 31.9 Å². The fourth-order valence-corrected chi connectivity index (χ4v) is 3.22. The highest BCUT2D eigenvalue weighted by Crippen LogP contribution is 2.31. The van der Waals surface area contributed by atoms with Crippen LogP contribution in [0.25, 0.3) is 10.6 Å². The molecule has 0 amide bonds. The van der Waals surface area contributed by atoms with Crippen molar-refractivity contribution in [2.45, 2.75) is 26.7 Å². The van der Waals surface area contributed by atoms with E-state index in [0.29, 0.717) is 5.88 Å². The molecule has 0 saturated heterocycles. The fourth-order valence-electron chi connectivity index (χ4n) is 2.00. The third kappa shape index (κ3) is 2.13. The van der Waals surface area contributed by atoms with Crippen molar-refractivity contribution >= 4 is 22.9 Å². The normalized spacial score (nSPS) is 10.8. The SMILES string of the molecule is Cc1cc(C)c(-c2nc(CCl)cs2)c(C)c1. The van der Waals surface area contributed by atoms with E-state index >= 15 is 0 Å². The first kappa shape index (κ1) is 11.6. The van der Waals surface area contributed by atoms with Crippen molar-refractivity contribution in [1.82, 2.24) is 4.98 Å². The molecule has 0 unspecified atom stereocenters. The molecule has 2 aromatic rings. The van der Waals surface area contributed by atoms with Crippen LogP contribution in [0.15, 0.2) is 17.5 Å². The molecule has 2 rings (SSSR count). The summed E-state index contributed by atoms with van der Waals surface area (Å²) in [4.78, 5) is 4.54. The Hall–Kier alpha value is -0.860. The minimum Gasteiger partial charge on any atom is -0.240 e. The van der Waals surface area contributed by atoms with Crippen LogP contribution in [0.4, 0.5) is 0 Å². The molecule has 3 heteroatoms. The van der Waals surface area contributed by atoms with Crippen LogP contribution < -0.4 is 0 Å². The zero-order chi connectivity index (χ0) is 11.7. The molecule has 16 heavy (non-hydrogen) atoms. The van der Waals surface area contributed by atoms with E-state index < -0.39 is 0 Å². The van der Waals surface area contributed by atoms with Gasteiger partial charge in [-0.1, -0.05) is 17.7 Å². The molecule has 1 aromatic heterocycles. The summed E-state index contributed by atoms with van der Waals surface area (Å²) in [5.74, 6) is 0.487. The first-order valence-corrected chi connectivity index (χ1v) is 6.62. The molecule has 0 bridgehead atoms. The van der Waals surface area contributed by atoms with Gasteiger partial charge in [0.25, 0.3) is 0 Å². The van der Waals surface area contributed by atoms with E-state index in [-0.39, 0.29) is 0 Å². The second-order valence-corrected chi connectivity index (χ2v) is 5.18. The van der Waals surface area contributed by atoms with Gasteiger partial charge in [-0.15, -0.1) is 22.9 Å². The van der Waals surface area contributed by atoms with Gasteiger partial charge in [0.1, 0.15) is 5.01 Å². The van der Waals surface area contributed by atoms with Crippen LogP contribution in [-0.4, -0.2) is 4.98 Å². The van der Waals surface area contributed by atoms with E-state index in [1.165, 1.54) is 22.3 Å². The van der Waals surface area contributed by atoms with Crippen LogP contribution in [-0.2, 0) is 5.88 Å². The number of rotatable bonds is 2. The zero-order valence-corrected chi connectivity index (χ0v) is 11.2. The molecule has 0 fully saturated rings.